The predicted octanol–water partition coefficient (Wildman–Crippen LogP) is 3.75. The minimum absolute atomic E-state index is 0.451. The molecule has 0 radical (unpaired) electrons. The van der Waals surface area contributed by atoms with Crippen LogP contribution in [0.4, 0.5) is 0 Å². The molecule has 2 aromatic rings. The Kier molecular flexibility index (Phi) is 3.25. The molecule has 4 rings (SSSR count). The van der Waals surface area contributed by atoms with Gasteiger partial charge in [-0.25, -0.2) is 0 Å². The van der Waals surface area contributed by atoms with E-state index in [1.165, 1.54) is 43.1 Å². The lowest BCUT2D eigenvalue weighted by molar-refractivity contribution is -0.0156. The normalized spacial score (nSPS) is 19.4. The van der Waals surface area contributed by atoms with E-state index in [1.807, 2.05) is 12.1 Å². The van der Waals surface area contributed by atoms with Crippen LogP contribution in [-0.2, 0) is 17.9 Å². The number of hydrogen-bond acceptors (Lipinski definition) is 3. The van der Waals surface area contributed by atoms with Crippen molar-refractivity contribution in [2.75, 3.05) is 0 Å². The molecule has 1 heterocycles. The first-order valence-electron chi connectivity index (χ1n) is 7.74. The van der Waals surface area contributed by atoms with E-state index in [0.717, 1.165) is 17.9 Å². The summed E-state index contributed by atoms with van der Waals surface area (Å²) in [6, 6.07) is 9.01. The lowest BCUT2D eigenvalue weighted by Crippen LogP contribution is -2.21. The molecule has 0 aliphatic heterocycles. The third kappa shape index (κ3) is 2.48. The first kappa shape index (κ1) is 12.4. The van der Waals surface area contributed by atoms with E-state index in [1.54, 1.807) is 0 Å². The lowest BCUT2D eigenvalue weighted by atomic mass is 9.96. The second-order valence-electron chi connectivity index (χ2n) is 6.02. The molecule has 0 unspecified atom stereocenters. The van der Waals surface area contributed by atoms with E-state index in [-0.39, 0.29) is 0 Å². The van der Waals surface area contributed by atoms with Gasteiger partial charge in [-0.2, -0.15) is 0 Å². The van der Waals surface area contributed by atoms with E-state index >= 15 is 0 Å². The maximum absolute atomic E-state index is 6.01. The van der Waals surface area contributed by atoms with Crippen molar-refractivity contribution in [3.05, 3.63) is 35.6 Å². The molecule has 0 amide bonds. The first-order valence-corrected chi connectivity index (χ1v) is 7.74. The third-order valence-corrected chi connectivity index (χ3v) is 4.43. The SMILES string of the molecule is c1ccc2c(CNC3CC3)c(COC3CCC3)oc2c1. The van der Waals surface area contributed by atoms with Crippen LogP contribution in [-0.4, -0.2) is 12.1 Å². The second-order valence-corrected chi connectivity index (χ2v) is 6.02. The van der Waals surface area contributed by atoms with E-state index in [9.17, 15) is 0 Å². The molecule has 106 valence electrons. The highest BCUT2D eigenvalue weighted by molar-refractivity contribution is 5.82. The van der Waals surface area contributed by atoms with Gasteiger partial charge in [0.1, 0.15) is 18.0 Å². The lowest BCUT2D eigenvalue weighted by Gasteiger charge is -2.25. The monoisotopic (exact) mass is 271 g/mol. The Labute approximate surface area is 119 Å². The van der Waals surface area contributed by atoms with Gasteiger partial charge in [0, 0.05) is 23.5 Å². The molecule has 0 spiro atoms. The van der Waals surface area contributed by atoms with E-state index in [2.05, 4.69) is 17.4 Å². The smallest absolute Gasteiger partial charge is 0.135 e. The minimum Gasteiger partial charge on any atom is -0.458 e. The molecule has 0 atom stereocenters. The van der Waals surface area contributed by atoms with Gasteiger partial charge in [-0.05, 0) is 38.2 Å². The summed E-state index contributed by atoms with van der Waals surface area (Å²) in [4.78, 5) is 0. The first-order chi connectivity index (χ1) is 9.90. The van der Waals surface area contributed by atoms with Crippen LogP contribution in [0.1, 0.15) is 43.4 Å². The van der Waals surface area contributed by atoms with Crippen LogP contribution in [0.25, 0.3) is 11.0 Å². The summed E-state index contributed by atoms with van der Waals surface area (Å²) in [6.07, 6.45) is 6.78. The fourth-order valence-electron chi connectivity index (χ4n) is 2.72. The molecule has 2 aliphatic rings. The zero-order valence-electron chi connectivity index (χ0n) is 11.7. The maximum Gasteiger partial charge on any atom is 0.135 e. The summed E-state index contributed by atoms with van der Waals surface area (Å²) < 4.78 is 11.9. The average molecular weight is 271 g/mol. The summed E-state index contributed by atoms with van der Waals surface area (Å²) in [5.41, 5.74) is 2.26. The van der Waals surface area contributed by atoms with Crippen molar-refractivity contribution in [2.45, 2.75) is 57.4 Å². The number of rotatable bonds is 6. The van der Waals surface area contributed by atoms with Gasteiger partial charge in [-0.15, -0.1) is 0 Å². The quantitative estimate of drug-likeness (QED) is 0.868. The average Bonchev–Trinajstić information content (AvgIpc) is 3.17. The van der Waals surface area contributed by atoms with Crippen molar-refractivity contribution >= 4 is 11.0 Å². The molecule has 3 nitrogen and oxygen atoms in total. The van der Waals surface area contributed by atoms with Gasteiger partial charge in [-0.3, -0.25) is 0 Å². The second kappa shape index (κ2) is 5.23. The van der Waals surface area contributed by atoms with Crippen molar-refractivity contribution in [1.82, 2.24) is 5.32 Å². The molecule has 3 heteroatoms. The molecule has 1 aromatic carbocycles. The number of hydrogen-bond donors (Lipinski definition) is 1. The number of benzene rings is 1. The molecular weight excluding hydrogens is 250 g/mol. The van der Waals surface area contributed by atoms with E-state index in [4.69, 9.17) is 9.15 Å². The van der Waals surface area contributed by atoms with Crippen LogP contribution in [0.3, 0.4) is 0 Å². The molecule has 2 saturated carbocycles. The molecule has 20 heavy (non-hydrogen) atoms. The summed E-state index contributed by atoms with van der Waals surface area (Å²) in [5.74, 6) is 1.01. The fraction of sp³-hybridized carbons (Fsp3) is 0.529. The summed E-state index contributed by atoms with van der Waals surface area (Å²) in [6.45, 7) is 1.51. The molecule has 2 fully saturated rings. The highest BCUT2D eigenvalue weighted by atomic mass is 16.5. The highest BCUT2D eigenvalue weighted by Crippen LogP contribution is 2.30. The van der Waals surface area contributed by atoms with Gasteiger partial charge in [-0.1, -0.05) is 18.2 Å². The topological polar surface area (TPSA) is 34.4 Å². The predicted molar refractivity (Wildman–Crippen MR) is 78.5 cm³/mol. The van der Waals surface area contributed by atoms with Gasteiger partial charge >= 0.3 is 0 Å². The zero-order valence-corrected chi connectivity index (χ0v) is 11.7. The Hall–Kier alpha value is -1.32. The Morgan fingerprint density at radius 1 is 1.15 bits per heavy atom. The number of ether oxygens (including phenoxy) is 1. The van der Waals surface area contributed by atoms with Gasteiger partial charge in [0.15, 0.2) is 0 Å². The number of nitrogens with one attached hydrogen (secondary N) is 1. The van der Waals surface area contributed by atoms with Crippen molar-refractivity contribution in [3.8, 4) is 0 Å². The number of furan rings is 1. The van der Waals surface area contributed by atoms with Crippen molar-refractivity contribution < 1.29 is 9.15 Å². The molecular formula is C17H21NO2. The summed E-state index contributed by atoms with van der Waals surface area (Å²) in [7, 11) is 0. The van der Waals surface area contributed by atoms with Crippen molar-refractivity contribution in [2.24, 2.45) is 0 Å². The fourth-order valence-corrected chi connectivity index (χ4v) is 2.72. The summed E-state index contributed by atoms with van der Waals surface area (Å²) in [5, 5.41) is 4.82. The molecule has 1 N–H and O–H groups in total. The highest BCUT2D eigenvalue weighted by Gasteiger charge is 2.23. The van der Waals surface area contributed by atoms with Crippen LogP contribution < -0.4 is 5.32 Å². The molecule has 0 bridgehead atoms. The van der Waals surface area contributed by atoms with E-state index < -0.39 is 0 Å². The van der Waals surface area contributed by atoms with Gasteiger partial charge in [0.2, 0.25) is 0 Å². The Morgan fingerprint density at radius 3 is 2.75 bits per heavy atom. The maximum atomic E-state index is 6.01. The van der Waals surface area contributed by atoms with Gasteiger partial charge < -0.3 is 14.5 Å². The van der Waals surface area contributed by atoms with Gasteiger partial charge in [0.05, 0.1) is 6.10 Å². The number of fused-ring (bicyclic) bond motifs is 1. The van der Waals surface area contributed by atoms with Crippen molar-refractivity contribution in [1.29, 1.82) is 0 Å². The Balaban J connectivity index is 1.56. The molecule has 1 aromatic heterocycles. The zero-order chi connectivity index (χ0) is 13.4. The molecule has 0 saturated heterocycles. The van der Waals surface area contributed by atoms with Crippen LogP contribution in [0.2, 0.25) is 0 Å². The van der Waals surface area contributed by atoms with E-state index in [0.29, 0.717) is 18.8 Å². The van der Waals surface area contributed by atoms with Crippen LogP contribution in [0.15, 0.2) is 28.7 Å². The third-order valence-electron chi connectivity index (χ3n) is 4.43. The van der Waals surface area contributed by atoms with Gasteiger partial charge in [0.25, 0.3) is 0 Å². The van der Waals surface area contributed by atoms with Crippen LogP contribution in [0, 0.1) is 0 Å². The molecule has 2 aliphatic carbocycles. The summed E-state index contributed by atoms with van der Waals surface area (Å²) >= 11 is 0. The number of para-hydroxylation sites is 1. The minimum atomic E-state index is 0.451. The van der Waals surface area contributed by atoms with Crippen LogP contribution >= 0.6 is 0 Å². The Bertz CT molecular complexity index is 596. The largest absolute Gasteiger partial charge is 0.458 e. The Morgan fingerprint density at radius 2 is 2.00 bits per heavy atom. The standard InChI is InChI=1S/C17H21NO2/c1-2-7-16-14(6-1)15(10-18-12-8-9-12)17(20-16)11-19-13-4-3-5-13/h1-2,6-7,12-13,18H,3-5,8-11H2. The van der Waals surface area contributed by atoms with Crippen LogP contribution in [0.5, 0.6) is 0 Å². The van der Waals surface area contributed by atoms with Crippen molar-refractivity contribution in [3.63, 3.8) is 0 Å².